The number of rotatable bonds is 9. The van der Waals surface area contributed by atoms with Gasteiger partial charge in [0.25, 0.3) is 5.91 Å². The van der Waals surface area contributed by atoms with E-state index in [9.17, 15) is 14.7 Å². The van der Waals surface area contributed by atoms with Crippen LogP contribution in [0.2, 0.25) is 10.0 Å². The fourth-order valence-corrected chi connectivity index (χ4v) is 5.16. The highest BCUT2D eigenvalue weighted by Crippen LogP contribution is 2.35. The predicted octanol–water partition coefficient (Wildman–Crippen LogP) is 6.00. The van der Waals surface area contributed by atoms with Gasteiger partial charge in [-0.15, -0.1) is 0 Å². The third kappa shape index (κ3) is 7.66. The number of ether oxygens (including phenoxy) is 2. The van der Waals surface area contributed by atoms with Gasteiger partial charge in [0.05, 0.1) is 41.1 Å². The third-order valence-corrected chi connectivity index (χ3v) is 7.95. The molecule has 0 saturated heterocycles. The van der Waals surface area contributed by atoms with Gasteiger partial charge in [0.2, 0.25) is 0 Å². The summed E-state index contributed by atoms with van der Waals surface area (Å²) in [6, 6.07) is 16.6. The van der Waals surface area contributed by atoms with Crippen LogP contribution in [0.1, 0.15) is 29.8 Å². The van der Waals surface area contributed by atoms with E-state index in [1.807, 2.05) is 33.0 Å². The molecule has 4 rings (SSSR count). The van der Waals surface area contributed by atoms with Gasteiger partial charge in [0, 0.05) is 31.2 Å². The van der Waals surface area contributed by atoms with Crippen molar-refractivity contribution in [1.29, 1.82) is 0 Å². The smallest absolute Gasteiger partial charge is 0.323 e. The van der Waals surface area contributed by atoms with Crippen molar-refractivity contribution in [3.63, 3.8) is 0 Å². The number of para-hydroxylation sites is 1. The summed E-state index contributed by atoms with van der Waals surface area (Å²) in [5, 5.41) is 16.6. The average Bonchev–Trinajstić information content (AvgIpc) is 2.97. The van der Waals surface area contributed by atoms with E-state index in [2.05, 4.69) is 15.5 Å². The second-order valence-corrected chi connectivity index (χ2v) is 11.4. The number of amides is 3. The number of fused-ring (bicyclic) bond motifs is 1. The van der Waals surface area contributed by atoms with Crippen molar-refractivity contribution < 1.29 is 24.2 Å². The number of aliphatic hydroxyl groups excluding tert-OH is 1. The molecule has 1 aliphatic heterocycles. The zero-order valence-electron chi connectivity index (χ0n) is 24.1. The highest BCUT2D eigenvalue weighted by molar-refractivity contribution is 6.42. The SMILES string of the molecule is COc1ccc(NC(=O)Nc2cccc3c2O[C@H](CN(C)Cc2ccc(Cl)c(Cl)c2)[C@H](C)CN([C@@H](C)CO)C3=O)cc1. The number of nitrogens with one attached hydrogen (secondary N) is 2. The Labute approximate surface area is 256 Å². The summed E-state index contributed by atoms with van der Waals surface area (Å²) < 4.78 is 11.8. The molecule has 0 aromatic heterocycles. The Morgan fingerprint density at radius 1 is 1.14 bits per heavy atom. The lowest BCUT2D eigenvalue weighted by atomic mass is 9.99. The van der Waals surface area contributed by atoms with Crippen LogP contribution in [-0.2, 0) is 6.54 Å². The minimum Gasteiger partial charge on any atom is -0.497 e. The number of aliphatic hydroxyl groups is 1. The molecule has 3 aromatic rings. The predicted molar refractivity (Wildman–Crippen MR) is 166 cm³/mol. The van der Waals surface area contributed by atoms with Gasteiger partial charge < -0.3 is 30.1 Å². The van der Waals surface area contributed by atoms with Crippen molar-refractivity contribution in [1.82, 2.24) is 9.80 Å². The lowest BCUT2D eigenvalue weighted by Crippen LogP contribution is -2.49. The quantitative estimate of drug-likeness (QED) is 0.273. The molecule has 3 atom stereocenters. The molecule has 0 bridgehead atoms. The summed E-state index contributed by atoms with van der Waals surface area (Å²) in [6.45, 7) is 5.14. The molecule has 224 valence electrons. The molecule has 0 saturated carbocycles. The number of benzene rings is 3. The third-order valence-electron chi connectivity index (χ3n) is 7.22. The largest absolute Gasteiger partial charge is 0.497 e. The second kappa shape index (κ2) is 14.1. The summed E-state index contributed by atoms with van der Waals surface area (Å²) in [5.74, 6) is 0.569. The fourth-order valence-electron chi connectivity index (χ4n) is 4.84. The Morgan fingerprint density at radius 2 is 1.88 bits per heavy atom. The van der Waals surface area contributed by atoms with Crippen molar-refractivity contribution in [3.05, 3.63) is 81.8 Å². The van der Waals surface area contributed by atoms with Crippen molar-refractivity contribution in [2.24, 2.45) is 5.92 Å². The van der Waals surface area contributed by atoms with Gasteiger partial charge in [0.1, 0.15) is 11.9 Å². The average molecular weight is 616 g/mol. The van der Waals surface area contributed by atoms with Gasteiger partial charge >= 0.3 is 6.03 Å². The van der Waals surface area contributed by atoms with Crippen LogP contribution in [0.4, 0.5) is 16.2 Å². The maximum Gasteiger partial charge on any atom is 0.323 e. The zero-order valence-corrected chi connectivity index (χ0v) is 25.6. The van der Waals surface area contributed by atoms with Crippen LogP contribution in [0.3, 0.4) is 0 Å². The number of carbonyl (C=O) groups excluding carboxylic acids is 2. The molecule has 9 nitrogen and oxygen atoms in total. The highest BCUT2D eigenvalue weighted by Gasteiger charge is 2.34. The van der Waals surface area contributed by atoms with E-state index in [1.54, 1.807) is 60.5 Å². The van der Waals surface area contributed by atoms with Gasteiger partial charge in [-0.1, -0.05) is 42.3 Å². The minimum absolute atomic E-state index is 0.103. The van der Waals surface area contributed by atoms with E-state index < -0.39 is 12.1 Å². The van der Waals surface area contributed by atoms with E-state index in [1.165, 1.54) is 0 Å². The Morgan fingerprint density at radius 3 is 2.55 bits per heavy atom. The molecular weight excluding hydrogens is 579 g/mol. The number of anilines is 2. The molecular formula is C31H36Cl2N4O5. The van der Waals surface area contributed by atoms with E-state index in [4.69, 9.17) is 32.7 Å². The van der Waals surface area contributed by atoms with Gasteiger partial charge in [-0.3, -0.25) is 9.69 Å². The van der Waals surface area contributed by atoms with E-state index >= 15 is 0 Å². The van der Waals surface area contributed by atoms with Crippen molar-refractivity contribution >= 4 is 46.5 Å². The van der Waals surface area contributed by atoms with E-state index in [0.29, 0.717) is 52.4 Å². The van der Waals surface area contributed by atoms with E-state index in [0.717, 1.165) is 5.56 Å². The molecule has 0 spiro atoms. The monoisotopic (exact) mass is 614 g/mol. The number of carbonyl (C=O) groups is 2. The van der Waals surface area contributed by atoms with Gasteiger partial charge in [0.15, 0.2) is 5.75 Å². The van der Waals surface area contributed by atoms with Crippen LogP contribution in [0.15, 0.2) is 60.7 Å². The summed E-state index contributed by atoms with van der Waals surface area (Å²) >= 11 is 12.3. The summed E-state index contributed by atoms with van der Waals surface area (Å²) in [6.07, 6.45) is -0.356. The maximum atomic E-state index is 13.7. The Hall–Kier alpha value is -3.50. The van der Waals surface area contributed by atoms with Crippen molar-refractivity contribution in [3.8, 4) is 11.5 Å². The van der Waals surface area contributed by atoms with Gasteiger partial charge in [-0.2, -0.15) is 0 Å². The van der Waals surface area contributed by atoms with Crippen molar-refractivity contribution in [2.75, 3.05) is 44.5 Å². The van der Waals surface area contributed by atoms with Gasteiger partial charge in [-0.25, -0.2) is 4.79 Å². The van der Waals surface area contributed by atoms with Crippen LogP contribution in [0.5, 0.6) is 11.5 Å². The van der Waals surface area contributed by atoms with Crippen molar-refractivity contribution in [2.45, 2.75) is 32.5 Å². The molecule has 0 fully saturated rings. The molecule has 3 amide bonds. The summed E-state index contributed by atoms with van der Waals surface area (Å²) in [5.41, 5.74) is 2.23. The lowest BCUT2D eigenvalue weighted by molar-refractivity contribution is 0.0343. The molecule has 3 aromatic carbocycles. The number of hydrogen-bond acceptors (Lipinski definition) is 6. The summed E-state index contributed by atoms with van der Waals surface area (Å²) in [4.78, 5) is 30.5. The number of halogens is 2. The molecule has 0 aliphatic carbocycles. The fraction of sp³-hybridized carbons (Fsp3) is 0.355. The zero-order chi connectivity index (χ0) is 30.4. The van der Waals surface area contributed by atoms with Gasteiger partial charge in [-0.05, 0) is 68.1 Å². The van der Waals surface area contributed by atoms with Crippen LogP contribution in [0.25, 0.3) is 0 Å². The molecule has 11 heteroatoms. The van der Waals surface area contributed by atoms with Crippen LogP contribution in [0, 0.1) is 5.92 Å². The first kappa shape index (κ1) is 31.4. The van der Waals surface area contributed by atoms with E-state index in [-0.39, 0.29) is 30.3 Å². The first-order valence-electron chi connectivity index (χ1n) is 13.7. The number of urea groups is 1. The number of methoxy groups -OCH3 is 1. The minimum atomic E-state index is -0.492. The molecule has 1 heterocycles. The lowest BCUT2D eigenvalue weighted by Gasteiger charge is -2.38. The highest BCUT2D eigenvalue weighted by atomic mass is 35.5. The molecule has 1 aliphatic rings. The number of hydrogen-bond donors (Lipinski definition) is 3. The molecule has 0 radical (unpaired) electrons. The van der Waals surface area contributed by atoms with Crippen LogP contribution in [-0.4, -0.2) is 72.8 Å². The first-order valence-corrected chi connectivity index (χ1v) is 14.4. The number of nitrogens with zero attached hydrogens (tertiary/aromatic N) is 2. The Bertz CT molecular complexity index is 1400. The Balaban J connectivity index is 1.61. The normalized spacial score (nSPS) is 17.5. The molecule has 3 N–H and O–H groups in total. The Kier molecular flexibility index (Phi) is 10.6. The molecule has 42 heavy (non-hydrogen) atoms. The van der Waals surface area contributed by atoms with Crippen LogP contribution >= 0.6 is 23.2 Å². The standard InChI is InChI=1S/C31H36Cl2N4O5/c1-19-15-37(20(2)18-38)30(39)24-6-5-7-27(35-31(40)34-22-9-11-23(41-4)12-10-22)29(24)42-28(19)17-36(3)16-21-8-13-25(32)26(33)14-21/h5-14,19-20,28,38H,15-18H2,1-4H3,(H2,34,35,40)/t19-,20+,28-/m1/s1. The summed E-state index contributed by atoms with van der Waals surface area (Å²) in [7, 11) is 3.55. The number of likely N-dealkylation sites (N-methyl/N-ethyl adjacent to an activating group) is 1. The maximum absolute atomic E-state index is 13.7. The topological polar surface area (TPSA) is 103 Å². The first-order chi connectivity index (χ1) is 20.1. The molecule has 0 unspecified atom stereocenters. The van der Waals surface area contributed by atoms with Crippen LogP contribution < -0.4 is 20.1 Å². The second-order valence-electron chi connectivity index (χ2n) is 10.6.